The van der Waals surface area contributed by atoms with E-state index in [2.05, 4.69) is 10.6 Å². The van der Waals surface area contributed by atoms with E-state index in [4.69, 9.17) is 5.73 Å². The Morgan fingerprint density at radius 3 is 2.53 bits per heavy atom. The van der Waals surface area contributed by atoms with Crippen molar-refractivity contribution in [2.24, 2.45) is 11.7 Å². The second kappa shape index (κ2) is 5.97. The molecule has 0 aromatic rings. The molecular formula is C11H22N4O2. The molecule has 1 unspecified atom stereocenters. The van der Waals surface area contributed by atoms with Gasteiger partial charge < -0.3 is 11.1 Å². The average molecular weight is 242 g/mol. The minimum atomic E-state index is -0.471. The molecule has 17 heavy (non-hydrogen) atoms. The van der Waals surface area contributed by atoms with Gasteiger partial charge in [-0.3, -0.25) is 15.0 Å². The summed E-state index contributed by atoms with van der Waals surface area (Å²) >= 11 is 0. The highest BCUT2D eigenvalue weighted by Gasteiger charge is 2.29. The standard InChI is InChI=1S/C11H22N4O2/c1-7(10(16)14-11(17)13-2)15(3)6-8-4-9(12)5-8/h7-9H,4-6,12H2,1-3H3,(H2,13,14,16,17). The van der Waals surface area contributed by atoms with Gasteiger partial charge in [0.05, 0.1) is 6.04 Å². The van der Waals surface area contributed by atoms with E-state index in [1.165, 1.54) is 7.05 Å². The lowest BCUT2D eigenvalue weighted by Crippen LogP contribution is -2.50. The van der Waals surface area contributed by atoms with Crippen molar-refractivity contribution in [2.45, 2.75) is 31.8 Å². The summed E-state index contributed by atoms with van der Waals surface area (Å²) in [5.74, 6) is 0.292. The second-order valence-corrected chi connectivity index (χ2v) is 4.78. The maximum Gasteiger partial charge on any atom is 0.321 e. The number of hydrogen-bond acceptors (Lipinski definition) is 4. The first-order valence-electron chi connectivity index (χ1n) is 5.92. The van der Waals surface area contributed by atoms with E-state index in [0.29, 0.717) is 12.0 Å². The molecule has 1 atom stereocenters. The van der Waals surface area contributed by atoms with Gasteiger partial charge >= 0.3 is 6.03 Å². The predicted molar refractivity (Wildman–Crippen MR) is 65.4 cm³/mol. The van der Waals surface area contributed by atoms with Crippen LogP contribution in [0.3, 0.4) is 0 Å². The molecule has 3 amide bonds. The van der Waals surface area contributed by atoms with Crippen LogP contribution in [0.2, 0.25) is 0 Å². The summed E-state index contributed by atoms with van der Waals surface area (Å²) in [6, 6.07) is -0.464. The lowest BCUT2D eigenvalue weighted by molar-refractivity contribution is -0.124. The molecule has 0 heterocycles. The van der Waals surface area contributed by atoms with E-state index >= 15 is 0 Å². The van der Waals surface area contributed by atoms with Crippen LogP contribution in [-0.2, 0) is 4.79 Å². The molecule has 0 radical (unpaired) electrons. The van der Waals surface area contributed by atoms with Gasteiger partial charge in [0.1, 0.15) is 0 Å². The Balaban J connectivity index is 2.32. The molecule has 0 bridgehead atoms. The number of imide groups is 1. The number of amides is 3. The predicted octanol–water partition coefficient (Wildman–Crippen LogP) is -0.500. The lowest BCUT2D eigenvalue weighted by atomic mass is 9.80. The first kappa shape index (κ1) is 13.9. The van der Waals surface area contributed by atoms with Crippen molar-refractivity contribution in [3.05, 3.63) is 0 Å². The first-order chi connectivity index (χ1) is 7.93. The number of rotatable bonds is 4. The Bertz CT molecular complexity index is 289. The number of carbonyl (C=O) groups excluding carboxylic acids is 2. The van der Waals surface area contributed by atoms with Crippen molar-refractivity contribution in [2.75, 3.05) is 20.6 Å². The Kier molecular flexibility index (Phi) is 4.89. The monoisotopic (exact) mass is 242 g/mol. The lowest BCUT2D eigenvalue weighted by Gasteiger charge is -2.36. The second-order valence-electron chi connectivity index (χ2n) is 4.78. The van der Waals surface area contributed by atoms with Crippen LogP contribution in [-0.4, -0.2) is 49.6 Å². The highest BCUT2D eigenvalue weighted by Crippen LogP contribution is 2.26. The van der Waals surface area contributed by atoms with Gasteiger partial charge in [-0.15, -0.1) is 0 Å². The van der Waals surface area contributed by atoms with E-state index in [-0.39, 0.29) is 11.9 Å². The average Bonchev–Trinajstić information content (AvgIpc) is 2.25. The van der Waals surface area contributed by atoms with E-state index < -0.39 is 6.03 Å². The summed E-state index contributed by atoms with van der Waals surface area (Å²) in [6.07, 6.45) is 2.04. The third-order valence-electron chi connectivity index (χ3n) is 3.32. The van der Waals surface area contributed by atoms with E-state index in [9.17, 15) is 9.59 Å². The van der Waals surface area contributed by atoms with Crippen molar-refractivity contribution in [1.82, 2.24) is 15.5 Å². The zero-order chi connectivity index (χ0) is 13.0. The molecule has 0 saturated heterocycles. The van der Waals surface area contributed by atoms with Gasteiger partial charge in [0.25, 0.3) is 0 Å². The Hall–Kier alpha value is -1.14. The van der Waals surface area contributed by atoms with Gasteiger partial charge in [-0.1, -0.05) is 0 Å². The van der Waals surface area contributed by atoms with Gasteiger partial charge in [0, 0.05) is 19.6 Å². The van der Waals surface area contributed by atoms with Crippen LogP contribution in [0.25, 0.3) is 0 Å². The molecule has 1 aliphatic carbocycles. The molecule has 0 aromatic heterocycles. The quantitative estimate of drug-likeness (QED) is 0.620. The summed E-state index contributed by atoms with van der Waals surface area (Å²) < 4.78 is 0. The SMILES string of the molecule is CNC(=O)NC(=O)C(C)N(C)CC1CC(N)C1. The number of nitrogens with zero attached hydrogens (tertiary/aromatic N) is 1. The molecule has 6 heteroatoms. The molecule has 4 N–H and O–H groups in total. The minimum Gasteiger partial charge on any atom is -0.341 e. The third kappa shape index (κ3) is 3.98. The van der Waals surface area contributed by atoms with Crippen LogP contribution < -0.4 is 16.4 Å². The van der Waals surface area contributed by atoms with Gasteiger partial charge in [0.15, 0.2) is 0 Å². The van der Waals surface area contributed by atoms with Crippen molar-refractivity contribution in [1.29, 1.82) is 0 Å². The molecule has 6 nitrogen and oxygen atoms in total. The molecule has 1 rings (SSSR count). The summed E-state index contributed by atoms with van der Waals surface area (Å²) in [6.45, 7) is 2.63. The Morgan fingerprint density at radius 1 is 1.47 bits per heavy atom. The van der Waals surface area contributed by atoms with Crippen LogP contribution >= 0.6 is 0 Å². The number of urea groups is 1. The molecular weight excluding hydrogens is 220 g/mol. The Morgan fingerprint density at radius 2 is 2.06 bits per heavy atom. The number of nitrogens with one attached hydrogen (secondary N) is 2. The zero-order valence-corrected chi connectivity index (χ0v) is 10.7. The van der Waals surface area contributed by atoms with Crippen molar-refractivity contribution >= 4 is 11.9 Å². The summed E-state index contributed by atoms with van der Waals surface area (Å²) in [7, 11) is 3.37. The summed E-state index contributed by atoms with van der Waals surface area (Å²) in [5.41, 5.74) is 5.71. The number of carbonyl (C=O) groups is 2. The van der Waals surface area contributed by atoms with Crippen LogP contribution in [0.15, 0.2) is 0 Å². The highest BCUT2D eigenvalue weighted by atomic mass is 16.2. The fourth-order valence-electron chi connectivity index (χ4n) is 1.98. The van der Waals surface area contributed by atoms with Crippen molar-refractivity contribution in [3.8, 4) is 0 Å². The van der Waals surface area contributed by atoms with Crippen molar-refractivity contribution in [3.63, 3.8) is 0 Å². The summed E-state index contributed by atoms with van der Waals surface area (Å²) in [4.78, 5) is 24.6. The number of likely N-dealkylation sites (N-methyl/N-ethyl adjacent to an activating group) is 1. The van der Waals surface area contributed by atoms with Gasteiger partial charge in [-0.2, -0.15) is 0 Å². The van der Waals surface area contributed by atoms with Gasteiger partial charge in [-0.25, -0.2) is 4.79 Å². The van der Waals surface area contributed by atoms with Crippen LogP contribution in [0.1, 0.15) is 19.8 Å². The molecule has 0 aromatic carbocycles. The topological polar surface area (TPSA) is 87.5 Å². The molecule has 1 fully saturated rings. The molecule has 1 saturated carbocycles. The third-order valence-corrected chi connectivity index (χ3v) is 3.32. The molecule has 98 valence electrons. The fourth-order valence-corrected chi connectivity index (χ4v) is 1.98. The van der Waals surface area contributed by atoms with Gasteiger partial charge in [0.2, 0.25) is 5.91 Å². The van der Waals surface area contributed by atoms with Crippen LogP contribution in [0, 0.1) is 5.92 Å². The number of hydrogen-bond donors (Lipinski definition) is 3. The van der Waals surface area contributed by atoms with E-state index in [1.54, 1.807) is 6.92 Å². The van der Waals surface area contributed by atoms with Crippen LogP contribution in [0.4, 0.5) is 4.79 Å². The Labute approximate surface area is 102 Å². The smallest absolute Gasteiger partial charge is 0.321 e. The first-order valence-corrected chi connectivity index (χ1v) is 5.92. The zero-order valence-electron chi connectivity index (χ0n) is 10.7. The number of nitrogens with two attached hydrogens (primary N) is 1. The summed E-state index contributed by atoms with van der Waals surface area (Å²) in [5, 5.41) is 4.63. The normalized spacial score (nSPS) is 25.0. The highest BCUT2D eigenvalue weighted by molar-refractivity contribution is 5.96. The maximum atomic E-state index is 11.7. The fraction of sp³-hybridized carbons (Fsp3) is 0.818. The molecule has 0 spiro atoms. The molecule has 1 aliphatic rings. The van der Waals surface area contributed by atoms with Crippen molar-refractivity contribution < 1.29 is 9.59 Å². The van der Waals surface area contributed by atoms with Gasteiger partial charge in [-0.05, 0) is 32.7 Å². The van der Waals surface area contributed by atoms with E-state index in [0.717, 1.165) is 19.4 Å². The van der Waals surface area contributed by atoms with E-state index in [1.807, 2.05) is 11.9 Å². The maximum absolute atomic E-state index is 11.7. The minimum absolute atomic E-state index is 0.282. The largest absolute Gasteiger partial charge is 0.341 e. The molecule has 0 aliphatic heterocycles. The van der Waals surface area contributed by atoms with Crippen LogP contribution in [0.5, 0.6) is 0 Å².